The van der Waals surface area contributed by atoms with Crippen LogP contribution in [-0.2, 0) is 21.6 Å². The lowest BCUT2D eigenvalue weighted by atomic mass is 9.87. The maximum absolute atomic E-state index is 13.3. The highest BCUT2D eigenvalue weighted by atomic mass is 32.2. The number of hydrogen-bond donors (Lipinski definition) is 1. The van der Waals surface area contributed by atoms with Gasteiger partial charge in [-0.25, -0.2) is 12.7 Å². The van der Waals surface area contributed by atoms with E-state index in [2.05, 4.69) is 60.2 Å². The predicted molar refractivity (Wildman–Crippen MR) is 161 cm³/mol. The molecule has 2 fully saturated rings. The number of benzene rings is 2. The molecule has 9 nitrogen and oxygen atoms in total. The van der Waals surface area contributed by atoms with E-state index >= 15 is 0 Å². The largest absolute Gasteiger partial charge is 0.423 e. The highest BCUT2D eigenvalue weighted by Gasteiger charge is 2.38. The Hall–Kier alpha value is -2.90. The van der Waals surface area contributed by atoms with Gasteiger partial charge in [0.15, 0.2) is 0 Å². The fourth-order valence-corrected chi connectivity index (χ4v) is 6.82. The maximum atomic E-state index is 13.3. The number of nitrogens with one attached hydrogen (secondary N) is 1. The quantitative estimate of drug-likeness (QED) is 0.307. The van der Waals surface area contributed by atoms with E-state index in [9.17, 15) is 31.7 Å². The molecule has 0 aliphatic carbocycles. The van der Waals surface area contributed by atoms with Gasteiger partial charge in [0.25, 0.3) is 5.69 Å². The first-order valence-corrected chi connectivity index (χ1v) is 15.4. The number of anilines is 2. The van der Waals surface area contributed by atoms with Crippen molar-refractivity contribution in [2.45, 2.75) is 58.7 Å². The van der Waals surface area contributed by atoms with Gasteiger partial charge < -0.3 is 10.2 Å². The number of nitrogens with zero attached hydrogens (tertiary/aromatic N) is 4. The molecule has 2 aliphatic rings. The number of halogens is 3. The van der Waals surface area contributed by atoms with Crippen LogP contribution < -0.4 is 10.2 Å². The van der Waals surface area contributed by atoms with E-state index < -0.39 is 32.4 Å². The topological polar surface area (TPSA) is 99.0 Å². The lowest BCUT2D eigenvalue weighted by Gasteiger charge is -2.37. The van der Waals surface area contributed by atoms with Crippen LogP contribution in [0.2, 0.25) is 0 Å². The zero-order chi connectivity index (χ0) is 30.0. The lowest BCUT2D eigenvalue weighted by Crippen LogP contribution is -2.49. The first kappa shape index (κ1) is 33.6. The Balaban J connectivity index is 0.00000484. The second-order valence-corrected chi connectivity index (χ2v) is 13.8. The molecule has 0 spiro atoms. The molecule has 0 atom stereocenters. The van der Waals surface area contributed by atoms with E-state index in [4.69, 9.17) is 0 Å². The molecular weight excluding hydrogens is 571 g/mol. The fourth-order valence-electron chi connectivity index (χ4n) is 5.30. The van der Waals surface area contributed by atoms with Crippen molar-refractivity contribution >= 4 is 27.1 Å². The molecule has 2 heterocycles. The summed E-state index contributed by atoms with van der Waals surface area (Å²) in [7, 11) is -3.48. The molecule has 42 heavy (non-hydrogen) atoms. The number of nitro benzene ring substituents is 1. The summed E-state index contributed by atoms with van der Waals surface area (Å²) < 4.78 is 67.4. The van der Waals surface area contributed by atoms with E-state index in [-0.39, 0.29) is 43.4 Å². The monoisotopic (exact) mass is 613 g/mol. The van der Waals surface area contributed by atoms with Crippen molar-refractivity contribution in [1.82, 2.24) is 9.21 Å². The van der Waals surface area contributed by atoms with Crippen molar-refractivity contribution in [2.75, 3.05) is 61.8 Å². The minimum atomic E-state index is -4.86. The molecule has 0 bridgehead atoms. The average Bonchev–Trinajstić information content (AvgIpc) is 2.91. The Morgan fingerprint density at radius 3 is 2.07 bits per heavy atom. The van der Waals surface area contributed by atoms with Crippen molar-refractivity contribution in [2.24, 2.45) is 0 Å². The van der Waals surface area contributed by atoms with E-state index in [0.717, 1.165) is 38.3 Å². The highest BCUT2D eigenvalue weighted by Crippen LogP contribution is 2.38. The first-order valence-electron chi connectivity index (χ1n) is 13.8. The van der Waals surface area contributed by atoms with Crippen LogP contribution in [0.25, 0.3) is 0 Å². The number of hydrogen-bond acceptors (Lipinski definition) is 7. The molecule has 2 aromatic rings. The van der Waals surface area contributed by atoms with Gasteiger partial charge in [-0.3, -0.25) is 15.0 Å². The van der Waals surface area contributed by atoms with Gasteiger partial charge in [-0.2, -0.15) is 13.2 Å². The number of rotatable bonds is 8. The van der Waals surface area contributed by atoms with E-state index in [1.165, 1.54) is 21.6 Å². The molecule has 2 saturated heterocycles. The van der Waals surface area contributed by atoms with Crippen molar-refractivity contribution < 1.29 is 26.5 Å². The van der Waals surface area contributed by atoms with Gasteiger partial charge in [-0.1, -0.05) is 40.3 Å². The van der Waals surface area contributed by atoms with Crippen molar-refractivity contribution in [3.8, 4) is 0 Å². The summed E-state index contributed by atoms with van der Waals surface area (Å²) in [5, 5.41) is 14.0. The fraction of sp³-hybridized carbons (Fsp3) is 0.586. The van der Waals surface area contributed by atoms with E-state index in [1.807, 2.05) is 0 Å². The van der Waals surface area contributed by atoms with Crippen LogP contribution in [0.15, 0.2) is 42.5 Å². The van der Waals surface area contributed by atoms with Crippen LogP contribution in [0.3, 0.4) is 0 Å². The Morgan fingerprint density at radius 1 is 0.952 bits per heavy atom. The van der Waals surface area contributed by atoms with Crippen LogP contribution in [0.5, 0.6) is 0 Å². The van der Waals surface area contributed by atoms with Crippen LogP contribution in [0.1, 0.15) is 52.2 Å². The van der Waals surface area contributed by atoms with E-state index in [0.29, 0.717) is 19.4 Å². The molecular formula is C29H42F3N5O4S. The molecule has 0 aromatic heterocycles. The first-order chi connectivity index (χ1) is 19.1. The number of alkyl halides is 3. The van der Waals surface area contributed by atoms with Gasteiger partial charge in [0, 0.05) is 69.3 Å². The SMILES string of the molecule is C.CC(C)(C)c1ccc(N2CCN(CCS(=O)(=O)N3CCC(Nc4ccc([N+](=O)[O-])c(C(F)(F)F)c4)CC3)CC2)cc1. The normalized spacial score (nSPS) is 18.0. The molecule has 1 N–H and O–H groups in total. The maximum Gasteiger partial charge on any atom is 0.423 e. The molecule has 2 aromatic carbocycles. The third-order valence-corrected chi connectivity index (χ3v) is 9.70. The molecule has 0 radical (unpaired) electrons. The summed E-state index contributed by atoms with van der Waals surface area (Å²) in [6, 6.07) is 11.2. The van der Waals surface area contributed by atoms with Gasteiger partial charge in [0.05, 0.1) is 10.7 Å². The van der Waals surface area contributed by atoms with Gasteiger partial charge in [0.2, 0.25) is 10.0 Å². The zero-order valence-corrected chi connectivity index (χ0v) is 24.5. The van der Waals surface area contributed by atoms with E-state index in [1.54, 1.807) is 0 Å². The van der Waals surface area contributed by atoms with Crippen LogP contribution in [0, 0.1) is 10.1 Å². The highest BCUT2D eigenvalue weighted by molar-refractivity contribution is 7.89. The summed E-state index contributed by atoms with van der Waals surface area (Å²) in [6.07, 6.45) is -4.02. The summed E-state index contributed by atoms with van der Waals surface area (Å²) in [5.74, 6) is 0.0165. The third-order valence-electron chi connectivity index (χ3n) is 7.85. The summed E-state index contributed by atoms with van der Waals surface area (Å²) in [5.41, 5.74) is 0.361. The Bertz CT molecular complexity index is 1310. The minimum absolute atomic E-state index is 0. The second kappa shape index (κ2) is 13.2. The Kier molecular flexibility index (Phi) is 10.5. The van der Waals surface area contributed by atoms with Crippen molar-refractivity contribution in [3.05, 3.63) is 63.7 Å². The van der Waals surface area contributed by atoms with Gasteiger partial charge in [-0.05, 0) is 48.1 Å². The third kappa shape index (κ3) is 8.35. The number of piperidine rings is 1. The summed E-state index contributed by atoms with van der Waals surface area (Å²) >= 11 is 0. The lowest BCUT2D eigenvalue weighted by molar-refractivity contribution is -0.388. The van der Waals surface area contributed by atoms with Crippen LogP contribution in [-0.4, -0.2) is 80.2 Å². The average molecular weight is 614 g/mol. The molecule has 4 rings (SSSR count). The minimum Gasteiger partial charge on any atom is -0.382 e. The zero-order valence-electron chi connectivity index (χ0n) is 23.7. The number of nitro groups is 1. The smallest absolute Gasteiger partial charge is 0.382 e. The Labute approximate surface area is 246 Å². The van der Waals surface area contributed by atoms with Gasteiger partial charge in [0.1, 0.15) is 5.56 Å². The van der Waals surface area contributed by atoms with Gasteiger partial charge >= 0.3 is 6.18 Å². The number of piperazine rings is 1. The molecule has 0 unspecified atom stereocenters. The second-order valence-electron chi connectivity index (χ2n) is 11.7. The molecule has 0 saturated carbocycles. The number of sulfonamides is 1. The van der Waals surface area contributed by atoms with Gasteiger partial charge in [-0.15, -0.1) is 0 Å². The Morgan fingerprint density at radius 2 is 1.55 bits per heavy atom. The van der Waals surface area contributed by atoms with Crippen molar-refractivity contribution in [1.29, 1.82) is 0 Å². The predicted octanol–water partition coefficient (Wildman–Crippen LogP) is 5.58. The summed E-state index contributed by atoms with van der Waals surface area (Å²) in [6.45, 7) is 10.7. The van der Waals surface area contributed by atoms with Crippen molar-refractivity contribution in [3.63, 3.8) is 0 Å². The standard InChI is InChI=1S/C28H38F3N5O4S.CH4/c1-27(2,3)21-4-7-24(8-5-21)34-16-14-33(15-17-34)18-19-41(39,40)35-12-10-22(11-13-35)32-23-6-9-26(36(37)38)25(20-23)28(29,30)31;/h4-9,20,22,32H,10-19H2,1-3H3;1H4. The summed E-state index contributed by atoms with van der Waals surface area (Å²) in [4.78, 5) is 14.4. The molecule has 2 aliphatic heterocycles. The van der Waals surface area contributed by atoms with Crippen LogP contribution in [0.4, 0.5) is 30.2 Å². The molecule has 13 heteroatoms. The molecule has 234 valence electrons. The van der Waals surface area contributed by atoms with Crippen LogP contribution >= 0.6 is 0 Å². The molecule has 0 amide bonds.